The highest BCUT2D eigenvalue weighted by atomic mass is 35.5. The van der Waals surface area contributed by atoms with Gasteiger partial charge >= 0.3 is 0 Å². The molecule has 0 spiro atoms. The Morgan fingerprint density at radius 1 is 1.27 bits per heavy atom. The molecule has 0 nitrogen and oxygen atoms in total. The van der Waals surface area contributed by atoms with E-state index in [4.69, 9.17) is 11.6 Å². The monoisotopic (exact) mass is 238 g/mol. The molecule has 2 aromatic rings. The van der Waals surface area contributed by atoms with Crippen LogP contribution in [0.5, 0.6) is 0 Å². The SMILES string of the molecule is CC(C)CC(Cl)c1csc2ccccc12. The first-order valence-corrected chi connectivity index (χ1v) is 6.60. The maximum Gasteiger partial charge on any atom is 0.0602 e. The van der Waals surface area contributed by atoms with Crippen molar-refractivity contribution in [3.8, 4) is 0 Å². The van der Waals surface area contributed by atoms with E-state index in [0.717, 1.165) is 6.42 Å². The summed E-state index contributed by atoms with van der Waals surface area (Å²) >= 11 is 8.21. The van der Waals surface area contributed by atoms with Gasteiger partial charge in [-0.25, -0.2) is 0 Å². The van der Waals surface area contributed by atoms with E-state index in [9.17, 15) is 0 Å². The third-order valence-corrected chi connectivity index (χ3v) is 3.92. The van der Waals surface area contributed by atoms with E-state index in [1.807, 2.05) is 0 Å². The number of rotatable bonds is 3. The van der Waals surface area contributed by atoms with Gasteiger partial charge in [-0.2, -0.15) is 0 Å². The predicted octanol–water partition coefficient (Wildman–Crippen LogP) is 5.23. The van der Waals surface area contributed by atoms with Gasteiger partial charge in [0, 0.05) is 4.70 Å². The van der Waals surface area contributed by atoms with Gasteiger partial charge in [-0.1, -0.05) is 32.0 Å². The zero-order valence-corrected chi connectivity index (χ0v) is 10.6. The molecule has 15 heavy (non-hydrogen) atoms. The highest BCUT2D eigenvalue weighted by molar-refractivity contribution is 7.17. The van der Waals surface area contributed by atoms with Crippen molar-refractivity contribution in [3.63, 3.8) is 0 Å². The predicted molar refractivity (Wildman–Crippen MR) is 69.9 cm³/mol. The second-order valence-electron chi connectivity index (χ2n) is 4.28. The molecule has 0 saturated carbocycles. The van der Waals surface area contributed by atoms with Crippen LogP contribution in [0.2, 0.25) is 0 Å². The summed E-state index contributed by atoms with van der Waals surface area (Å²) in [5.74, 6) is 0.645. The Morgan fingerprint density at radius 3 is 2.73 bits per heavy atom. The minimum atomic E-state index is 0.154. The Morgan fingerprint density at radius 2 is 2.00 bits per heavy atom. The number of halogens is 1. The molecule has 1 unspecified atom stereocenters. The summed E-state index contributed by atoms with van der Waals surface area (Å²) in [6, 6.07) is 8.48. The average molecular weight is 239 g/mol. The van der Waals surface area contributed by atoms with Crippen molar-refractivity contribution in [2.75, 3.05) is 0 Å². The number of hydrogen-bond donors (Lipinski definition) is 0. The second-order valence-corrected chi connectivity index (χ2v) is 5.72. The Hall–Kier alpha value is -0.530. The van der Waals surface area contributed by atoms with E-state index in [0.29, 0.717) is 5.92 Å². The zero-order valence-electron chi connectivity index (χ0n) is 9.03. The van der Waals surface area contributed by atoms with Crippen LogP contribution in [0.3, 0.4) is 0 Å². The van der Waals surface area contributed by atoms with E-state index in [1.165, 1.54) is 15.6 Å². The number of benzene rings is 1. The molecule has 80 valence electrons. The van der Waals surface area contributed by atoms with Gasteiger partial charge in [0.05, 0.1) is 5.38 Å². The van der Waals surface area contributed by atoms with Crippen molar-refractivity contribution < 1.29 is 0 Å². The van der Waals surface area contributed by atoms with Crippen molar-refractivity contribution in [1.82, 2.24) is 0 Å². The molecule has 1 aromatic carbocycles. The summed E-state index contributed by atoms with van der Waals surface area (Å²) in [4.78, 5) is 0. The lowest BCUT2D eigenvalue weighted by Gasteiger charge is -2.11. The summed E-state index contributed by atoms with van der Waals surface area (Å²) in [6.07, 6.45) is 1.04. The molecule has 0 amide bonds. The van der Waals surface area contributed by atoms with Crippen LogP contribution in [0, 0.1) is 5.92 Å². The first kappa shape index (κ1) is 11.0. The highest BCUT2D eigenvalue weighted by Crippen LogP contribution is 2.36. The van der Waals surface area contributed by atoms with E-state index >= 15 is 0 Å². The largest absolute Gasteiger partial charge is 0.143 e. The molecule has 0 aliphatic carbocycles. The Kier molecular flexibility index (Phi) is 3.32. The zero-order chi connectivity index (χ0) is 10.8. The van der Waals surface area contributed by atoms with Gasteiger partial charge < -0.3 is 0 Å². The molecule has 2 rings (SSSR count). The lowest BCUT2D eigenvalue weighted by Crippen LogP contribution is -1.95. The molecule has 0 saturated heterocycles. The maximum absolute atomic E-state index is 6.43. The van der Waals surface area contributed by atoms with Crippen LogP contribution < -0.4 is 0 Å². The fraction of sp³-hybridized carbons (Fsp3) is 0.385. The van der Waals surface area contributed by atoms with Gasteiger partial charge in [-0.15, -0.1) is 22.9 Å². The molecule has 1 heterocycles. The van der Waals surface area contributed by atoms with Crippen LogP contribution in [-0.2, 0) is 0 Å². The average Bonchev–Trinajstić information content (AvgIpc) is 2.59. The molecule has 1 aromatic heterocycles. The summed E-state index contributed by atoms with van der Waals surface area (Å²) in [5, 5.41) is 3.68. The first-order valence-electron chi connectivity index (χ1n) is 5.28. The molecule has 0 N–H and O–H groups in total. The summed E-state index contributed by atoms with van der Waals surface area (Å²) < 4.78 is 1.34. The molecule has 2 heteroatoms. The molecular formula is C13H15ClS. The Labute approximate surface area is 99.9 Å². The van der Waals surface area contributed by atoms with Crippen molar-refractivity contribution in [2.45, 2.75) is 25.6 Å². The number of fused-ring (bicyclic) bond motifs is 1. The van der Waals surface area contributed by atoms with Crippen molar-refractivity contribution in [2.24, 2.45) is 5.92 Å². The van der Waals surface area contributed by atoms with Crippen LogP contribution in [0.25, 0.3) is 10.1 Å². The molecule has 1 atom stereocenters. The van der Waals surface area contributed by atoms with Crippen LogP contribution in [0.15, 0.2) is 29.6 Å². The van der Waals surface area contributed by atoms with Gasteiger partial charge in [-0.3, -0.25) is 0 Å². The molecular weight excluding hydrogens is 224 g/mol. The van der Waals surface area contributed by atoms with Crippen LogP contribution >= 0.6 is 22.9 Å². The summed E-state index contributed by atoms with van der Waals surface area (Å²) in [7, 11) is 0. The third kappa shape index (κ3) is 2.35. The topological polar surface area (TPSA) is 0 Å². The van der Waals surface area contributed by atoms with Crippen molar-refractivity contribution in [1.29, 1.82) is 0 Å². The molecule has 0 aliphatic rings. The smallest absolute Gasteiger partial charge is 0.0602 e. The minimum Gasteiger partial charge on any atom is -0.143 e. The quantitative estimate of drug-likeness (QED) is 0.643. The van der Waals surface area contributed by atoms with Crippen LogP contribution in [0.1, 0.15) is 31.2 Å². The highest BCUT2D eigenvalue weighted by Gasteiger charge is 2.14. The number of alkyl halides is 1. The van der Waals surface area contributed by atoms with Crippen molar-refractivity contribution >= 4 is 33.0 Å². The Balaban J connectivity index is 2.35. The first-order chi connectivity index (χ1) is 7.18. The standard InChI is InChI=1S/C13H15ClS/c1-9(2)7-12(14)11-8-15-13-6-4-3-5-10(11)13/h3-6,8-9,12H,7H2,1-2H3. The van der Waals surface area contributed by atoms with Crippen molar-refractivity contribution in [3.05, 3.63) is 35.2 Å². The summed E-state index contributed by atoms with van der Waals surface area (Å²) in [6.45, 7) is 4.42. The van der Waals surface area contributed by atoms with Crippen LogP contribution in [0.4, 0.5) is 0 Å². The van der Waals surface area contributed by atoms with Gasteiger partial charge in [0.25, 0.3) is 0 Å². The Bertz CT molecular complexity index is 444. The summed E-state index contributed by atoms with van der Waals surface area (Å²) in [5.41, 5.74) is 1.30. The lowest BCUT2D eigenvalue weighted by molar-refractivity contribution is 0.577. The van der Waals surface area contributed by atoms with Gasteiger partial charge in [0.2, 0.25) is 0 Å². The normalized spacial score (nSPS) is 13.6. The molecule has 0 bridgehead atoms. The second kappa shape index (κ2) is 4.54. The number of hydrogen-bond acceptors (Lipinski definition) is 1. The van der Waals surface area contributed by atoms with E-state index < -0.39 is 0 Å². The third-order valence-electron chi connectivity index (χ3n) is 2.53. The van der Waals surface area contributed by atoms with Crippen LogP contribution in [-0.4, -0.2) is 0 Å². The minimum absolute atomic E-state index is 0.154. The molecule has 0 fully saturated rings. The van der Waals surface area contributed by atoms with Gasteiger partial charge in [0.1, 0.15) is 0 Å². The van der Waals surface area contributed by atoms with Gasteiger partial charge in [-0.05, 0) is 34.7 Å². The van der Waals surface area contributed by atoms with Gasteiger partial charge in [0.15, 0.2) is 0 Å². The van der Waals surface area contributed by atoms with E-state index in [2.05, 4.69) is 43.5 Å². The fourth-order valence-electron chi connectivity index (χ4n) is 1.78. The van der Waals surface area contributed by atoms with E-state index in [-0.39, 0.29) is 5.38 Å². The maximum atomic E-state index is 6.43. The lowest BCUT2D eigenvalue weighted by atomic mass is 10.0. The molecule has 0 aliphatic heterocycles. The van der Waals surface area contributed by atoms with E-state index in [1.54, 1.807) is 11.3 Å². The number of thiophene rings is 1. The molecule has 0 radical (unpaired) electrons. The fourth-order valence-corrected chi connectivity index (χ4v) is 3.41.